The van der Waals surface area contributed by atoms with Crippen LogP contribution in [0.4, 0.5) is 5.69 Å². The van der Waals surface area contributed by atoms with Gasteiger partial charge in [0.25, 0.3) is 0 Å². The first-order valence-corrected chi connectivity index (χ1v) is 9.44. The van der Waals surface area contributed by atoms with Crippen molar-refractivity contribution in [3.8, 4) is 0 Å². The van der Waals surface area contributed by atoms with Crippen molar-refractivity contribution < 1.29 is 0 Å². The third kappa shape index (κ3) is 2.85. The quantitative estimate of drug-likeness (QED) is 0.670. The van der Waals surface area contributed by atoms with Gasteiger partial charge in [-0.1, -0.05) is 62.4 Å². The average molecular weight is 322 g/mol. The third-order valence-corrected chi connectivity index (χ3v) is 5.79. The molecule has 0 saturated carbocycles. The van der Waals surface area contributed by atoms with Crippen LogP contribution in [-0.4, -0.2) is 11.6 Å². The van der Waals surface area contributed by atoms with Crippen LogP contribution in [-0.2, 0) is 12.8 Å². The number of benzene rings is 2. The summed E-state index contributed by atoms with van der Waals surface area (Å²) >= 11 is 0. The van der Waals surface area contributed by atoms with Crippen LogP contribution in [0, 0.1) is 0 Å². The number of hydrogen-bond acceptors (Lipinski definition) is 1. The Morgan fingerprint density at radius 3 is 2.04 bits per heavy atom. The fourth-order valence-electron chi connectivity index (χ4n) is 4.67. The van der Waals surface area contributed by atoms with E-state index >= 15 is 0 Å². The fraction of sp³-hybridized carbons (Fsp3) is 0.478. The van der Waals surface area contributed by atoms with Crippen molar-refractivity contribution >= 4 is 5.69 Å². The highest BCUT2D eigenvalue weighted by atomic mass is 15.3. The maximum Gasteiger partial charge on any atom is 0.0438 e. The minimum atomic E-state index is 0.176. The van der Waals surface area contributed by atoms with Crippen molar-refractivity contribution in [2.45, 2.75) is 71.4 Å². The molecule has 0 aromatic heterocycles. The SMILES string of the molecule is CCc1cccc(CC)c1N1C(C)C(c2ccccc2)CC1(C)C. The molecule has 1 aliphatic heterocycles. The number of anilines is 1. The lowest BCUT2D eigenvalue weighted by molar-refractivity contribution is 0.501. The Hall–Kier alpha value is -1.76. The minimum Gasteiger partial charge on any atom is -0.363 e. The monoisotopic (exact) mass is 321 g/mol. The Morgan fingerprint density at radius 1 is 0.917 bits per heavy atom. The summed E-state index contributed by atoms with van der Waals surface area (Å²) in [6.07, 6.45) is 3.40. The van der Waals surface area contributed by atoms with E-state index in [9.17, 15) is 0 Å². The van der Waals surface area contributed by atoms with E-state index in [1.165, 1.54) is 28.8 Å². The maximum absolute atomic E-state index is 2.72. The Labute approximate surface area is 147 Å². The summed E-state index contributed by atoms with van der Waals surface area (Å²) in [4.78, 5) is 2.72. The minimum absolute atomic E-state index is 0.176. The zero-order valence-electron chi connectivity index (χ0n) is 15.8. The molecule has 0 bridgehead atoms. The summed E-state index contributed by atoms with van der Waals surface area (Å²) < 4.78 is 0. The number of aryl methyl sites for hydroxylation is 2. The van der Waals surface area contributed by atoms with Gasteiger partial charge in [-0.25, -0.2) is 0 Å². The summed E-state index contributed by atoms with van der Waals surface area (Å²) in [7, 11) is 0. The zero-order chi connectivity index (χ0) is 17.3. The number of hydrogen-bond donors (Lipinski definition) is 0. The normalized spacial score (nSPS) is 22.8. The molecule has 0 spiro atoms. The van der Waals surface area contributed by atoms with Gasteiger partial charge in [0.05, 0.1) is 0 Å². The van der Waals surface area contributed by atoms with Crippen LogP contribution in [0.3, 0.4) is 0 Å². The molecule has 1 nitrogen and oxygen atoms in total. The van der Waals surface area contributed by atoms with Gasteiger partial charge in [0.15, 0.2) is 0 Å². The molecule has 1 saturated heterocycles. The van der Waals surface area contributed by atoms with Crippen molar-refractivity contribution in [2.24, 2.45) is 0 Å². The molecule has 2 aromatic carbocycles. The van der Waals surface area contributed by atoms with E-state index in [2.05, 4.69) is 88.0 Å². The second-order valence-electron chi connectivity index (χ2n) is 7.78. The van der Waals surface area contributed by atoms with Crippen molar-refractivity contribution in [2.75, 3.05) is 4.90 Å². The largest absolute Gasteiger partial charge is 0.363 e. The molecule has 0 radical (unpaired) electrons. The molecule has 0 N–H and O–H groups in total. The van der Waals surface area contributed by atoms with Gasteiger partial charge >= 0.3 is 0 Å². The van der Waals surface area contributed by atoms with Crippen LogP contribution in [0.2, 0.25) is 0 Å². The molecule has 1 fully saturated rings. The lowest BCUT2D eigenvalue weighted by atomic mass is 9.88. The van der Waals surface area contributed by atoms with E-state index < -0.39 is 0 Å². The molecule has 1 heteroatoms. The molecular weight excluding hydrogens is 290 g/mol. The van der Waals surface area contributed by atoms with Gasteiger partial charge in [0.1, 0.15) is 0 Å². The van der Waals surface area contributed by atoms with E-state index in [-0.39, 0.29) is 5.54 Å². The molecule has 2 atom stereocenters. The van der Waals surface area contributed by atoms with Gasteiger partial charge in [-0.15, -0.1) is 0 Å². The van der Waals surface area contributed by atoms with Crippen LogP contribution in [0.5, 0.6) is 0 Å². The second-order valence-corrected chi connectivity index (χ2v) is 7.78. The molecular formula is C23H31N. The van der Waals surface area contributed by atoms with Crippen molar-refractivity contribution in [3.63, 3.8) is 0 Å². The summed E-state index contributed by atoms with van der Waals surface area (Å²) in [5.41, 5.74) is 6.13. The molecule has 1 heterocycles. The highest BCUT2D eigenvalue weighted by Crippen LogP contribution is 2.47. The Kier molecular flexibility index (Phi) is 4.71. The lowest BCUT2D eigenvalue weighted by Gasteiger charge is -2.40. The molecule has 3 rings (SSSR count). The van der Waals surface area contributed by atoms with Crippen LogP contribution in [0.1, 0.15) is 63.6 Å². The van der Waals surface area contributed by atoms with Gasteiger partial charge in [-0.05, 0) is 56.7 Å². The van der Waals surface area contributed by atoms with Gasteiger partial charge in [0.2, 0.25) is 0 Å². The molecule has 2 aromatic rings. The van der Waals surface area contributed by atoms with Crippen molar-refractivity contribution in [1.29, 1.82) is 0 Å². The summed E-state index contributed by atoms with van der Waals surface area (Å²) in [6, 6.07) is 18.4. The van der Waals surface area contributed by atoms with Gasteiger partial charge in [0, 0.05) is 23.2 Å². The zero-order valence-corrected chi connectivity index (χ0v) is 15.8. The van der Waals surface area contributed by atoms with Crippen LogP contribution in [0.15, 0.2) is 48.5 Å². The van der Waals surface area contributed by atoms with Crippen molar-refractivity contribution in [3.05, 3.63) is 65.2 Å². The van der Waals surface area contributed by atoms with E-state index in [4.69, 9.17) is 0 Å². The van der Waals surface area contributed by atoms with E-state index in [1.807, 2.05) is 0 Å². The van der Waals surface area contributed by atoms with Crippen molar-refractivity contribution in [1.82, 2.24) is 0 Å². The molecule has 0 aliphatic carbocycles. The topological polar surface area (TPSA) is 3.24 Å². The third-order valence-electron chi connectivity index (χ3n) is 5.79. The van der Waals surface area contributed by atoms with E-state index in [0.29, 0.717) is 12.0 Å². The predicted molar refractivity (Wildman–Crippen MR) is 105 cm³/mol. The predicted octanol–water partition coefficient (Wildman–Crippen LogP) is 5.97. The first-order valence-electron chi connectivity index (χ1n) is 9.44. The summed E-state index contributed by atoms with van der Waals surface area (Å²) in [5, 5.41) is 0. The Morgan fingerprint density at radius 2 is 1.50 bits per heavy atom. The van der Waals surface area contributed by atoms with Gasteiger partial charge in [-0.2, -0.15) is 0 Å². The average Bonchev–Trinajstić information content (AvgIpc) is 2.84. The fourth-order valence-corrected chi connectivity index (χ4v) is 4.67. The first kappa shape index (κ1) is 17.1. The lowest BCUT2D eigenvalue weighted by Crippen LogP contribution is -2.43. The molecule has 24 heavy (non-hydrogen) atoms. The van der Waals surface area contributed by atoms with Gasteiger partial charge in [-0.3, -0.25) is 0 Å². The maximum atomic E-state index is 2.72. The number of para-hydroxylation sites is 1. The highest BCUT2D eigenvalue weighted by molar-refractivity contribution is 5.64. The molecule has 2 unspecified atom stereocenters. The summed E-state index contributed by atoms with van der Waals surface area (Å²) in [6.45, 7) is 11.8. The number of nitrogens with zero attached hydrogens (tertiary/aromatic N) is 1. The Balaban J connectivity index is 2.08. The van der Waals surface area contributed by atoms with E-state index in [0.717, 1.165) is 12.8 Å². The van der Waals surface area contributed by atoms with Crippen LogP contribution >= 0.6 is 0 Å². The first-order chi connectivity index (χ1) is 11.5. The Bertz CT molecular complexity index is 664. The molecule has 1 aliphatic rings. The standard InChI is InChI=1S/C23H31N/c1-6-18-14-11-15-19(7-2)22(18)24-17(3)21(16-23(24,4)5)20-12-9-8-10-13-20/h8-15,17,21H,6-7,16H2,1-5H3. The smallest absolute Gasteiger partial charge is 0.0438 e. The summed E-state index contributed by atoms with van der Waals surface area (Å²) in [5.74, 6) is 0.593. The van der Waals surface area contributed by atoms with Gasteiger partial charge < -0.3 is 4.90 Å². The molecule has 128 valence electrons. The highest BCUT2D eigenvalue weighted by Gasteiger charge is 2.45. The number of rotatable bonds is 4. The van der Waals surface area contributed by atoms with E-state index in [1.54, 1.807) is 0 Å². The second kappa shape index (κ2) is 6.63. The van der Waals surface area contributed by atoms with Crippen LogP contribution in [0.25, 0.3) is 0 Å². The van der Waals surface area contributed by atoms with Crippen LogP contribution < -0.4 is 4.90 Å². The molecule has 0 amide bonds.